The second kappa shape index (κ2) is 6.54. The molecule has 2 aromatic rings. The van der Waals surface area contributed by atoms with Gasteiger partial charge in [-0.1, -0.05) is 34.1 Å². The molecular formula is C14H13BrINO. The van der Waals surface area contributed by atoms with Crippen molar-refractivity contribution in [2.45, 2.75) is 6.54 Å². The first-order valence-electron chi connectivity index (χ1n) is 5.56. The van der Waals surface area contributed by atoms with Gasteiger partial charge in [-0.05, 0) is 59.5 Å². The van der Waals surface area contributed by atoms with Crippen molar-refractivity contribution in [3.05, 3.63) is 56.1 Å². The van der Waals surface area contributed by atoms with Crippen LogP contribution in [0.3, 0.4) is 0 Å². The van der Waals surface area contributed by atoms with Gasteiger partial charge in [0.05, 0.1) is 3.57 Å². The van der Waals surface area contributed by atoms with Crippen LogP contribution < -0.4 is 10.1 Å². The molecule has 0 atom stereocenters. The molecule has 18 heavy (non-hydrogen) atoms. The van der Waals surface area contributed by atoms with Gasteiger partial charge in [-0.3, -0.25) is 0 Å². The largest absolute Gasteiger partial charge is 0.456 e. The summed E-state index contributed by atoms with van der Waals surface area (Å²) < 4.78 is 8.02. The summed E-state index contributed by atoms with van der Waals surface area (Å²) in [5, 5.41) is 3.13. The summed E-state index contributed by atoms with van der Waals surface area (Å²) in [7, 11) is 1.93. The van der Waals surface area contributed by atoms with Gasteiger partial charge in [-0.15, -0.1) is 0 Å². The van der Waals surface area contributed by atoms with Crippen molar-refractivity contribution >= 4 is 38.5 Å². The minimum absolute atomic E-state index is 0.837. The highest BCUT2D eigenvalue weighted by molar-refractivity contribution is 14.1. The summed E-state index contributed by atoms with van der Waals surface area (Å²) in [6.07, 6.45) is 0. The fourth-order valence-corrected chi connectivity index (χ4v) is 2.58. The predicted molar refractivity (Wildman–Crippen MR) is 86.1 cm³/mol. The van der Waals surface area contributed by atoms with Crippen molar-refractivity contribution in [3.63, 3.8) is 0 Å². The maximum Gasteiger partial charge on any atom is 0.140 e. The molecule has 1 N–H and O–H groups in total. The summed E-state index contributed by atoms with van der Waals surface area (Å²) >= 11 is 5.83. The Bertz CT molecular complexity index is 545. The lowest BCUT2D eigenvalue weighted by atomic mass is 10.2. The number of nitrogens with one attached hydrogen (secondary N) is 1. The summed E-state index contributed by atoms with van der Waals surface area (Å²) in [4.78, 5) is 0. The maximum absolute atomic E-state index is 5.87. The van der Waals surface area contributed by atoms with Crippen molar-refractivity contribution in [3.8, 4) is 11.5 Å². The minimum atomic E-state index is 0.837. The van der Waals surface area contributed by atoms with Crippen LogP contribution >= 0.6 is 38.5 Å². The summed E-state index contributed by atoms with van der Waals surface area (Å²) in [5.74, 6) is 1.72. The first kappa shape index (κ1) is 13.8. The second-order valence-corrected chi connectivity index (χ2v) is 5.83. The van der Waals surface area contributed by atoms with Gasteiger partial charge in [-0.2, -0.15) is 0 Å². The van der Waals surface area contributed by atoms with Gasteiger partial charge in [0, 0.05) is 11.0 Å². The molecule has 0 fully saturated rings. The van der Waals surface area contributed by atoms with Crippen molar-refractivity contribution < 1.29 is 4.74 Å². The zero-order valence-corrected chi connectivity index (χ0v) is 13.7. The average Bonchev–Trinajstić information content (AvgIpc) is 2.36. The minimum Gasteiger partial charge on any atom is -0.456 e. The van der Waals surface area contributed by atoms with Crippen molar-refractivity contribution in [2.24, 2.45) is 0 Å². The summed E-state index contributed by atoms with van der Waals surface area (Å²) in [5.41, 5.74) is 1.22. The Kier molecular flexibility index (Phi) is 5.03. The Morgan fingerprint density at radius 1 is 1.22 bits per heavy atom. The van der Waals surface area contributed by atoms with E-state index in [4.69, 9.17) is 4.74 Å². The topological polar surface area (TPSA) is 21.3 Å². The lowest BCUT2D eigenvalue weighted by Crippen LogP contribution is -2.05. The highest BCUT2D eigenvalue weighted by Crippen LogP contribution is 2.29. The van der Waals surface area contributed by atoms with Crippen LogP contribution in [0.5, 0.6) is 11.5 Å². The monoisotopic (exact) mass is 417 g/mol. The van der Waals surface area contributed by atoms with E-state index in [9.17, 15) is 0 Å². The van der Waals surface area contributed by atoms with Gasteiger partial charge >= 0.3 is 0 Å². The van der Waals surface area contributed by atoms with Crippen LogP contribution in [-0.4, -0.2) is 7.05 Å². The molecule has 0 aliphatic heterocycles. The van der Waals surface area contributed by atoms with E-state index in [2.05, 4.69) is 49.9 Å². The van der Waals surface area contributed by atoms with E-state index in [1.165, 1.54) is 5.56 Å². The number of hydrogen-bond donors (Lipinski definition) is 1. The Morgan fingerprint density at radius 2 is 2.00 bits per heavy atom. The molecule has 0 heterocycles. The highest BCUT2D eigenvalue weighted by Gasteiger charge is 2.04. The van der Waals surface area contributed by atoms with E-state index in [1.54, 1.807) is 0 Å². The van der Waals surface area contributed by atoms with Crippen LogP contribution in [-0.2, 0) is 6.54 Å². The molecule has 2 aromatic carbocycles. The van der Waals surface area contributed by atoms with Crippen LogP contribution in [0.25, 0.3) is 0 Å². The molecule has 0 radical (unpaired) electrons. The normalized spacial score (nSPS) is 10.4. The first-order chi connectivity index (χ1) is 8.70. The van der Waals surface area contributed by atoms with Crippen LogP contribution in [0.15, 0.2) is 46.9 Å². The SMILES string of the molecule is CNCc1ccc(Oc2ccccc2I)cc1Br. The van der Waals surface area contributed by atoms with Gasteiger partial charge in [0.25, 0.3) is 0 Å². The quantitative estimate of drug-likeness (QED) is 0.736. The van der Waals surface area contributed by atoms with Gasteiger partial charge in [0.2, 0.25) is 0 Å². The fraction of sp³-hybridized carbons (Fsp3) is 0.143. The number of benzene rings is 2. The van der Waals surface area contributed by atoms with Crippen LogP contribution in [0.4, 0.5) is 0 Å². The van der Waals surface area contributed by atoms with Gasteiger partial charge in [0.15, 0.2) is 0 Å². The Morgan fingerprint density at radius 3 is 2.67 bits per heavy atom. The summed E-state index contributed by atoms with van der Waals surface area (Å²) in [6.45, 7) is 0.837. The molecular weight excluding hydrogens is 405 g/mol. The number of rotatable bonds is 4. The van der Waals surface area contributed by atoms with Gasteiger partial charge < -0.3 is 10.1 Å². The second-order valence-electron chi connectivity index (χ2n) is 3.82. The smallest absolute Gasteiger partial charge is 0.140 e. The standard InChI is InChI=1S/C14H13BrINO/c1-17-9-10-6-7-11(8-12(10)15)18-14-5-3-2-4-13(14)16/h2-8,17H,9H2,1H3. The van der Waals surface area contributed by atoms with Crippen molar-refractivity contribution in [1.29, 1.82) is 0 Å². The molecule has 0 aliphatic carbocycles. The highest BCUT2D eigenvalue weighted by atomic mass is 127. The third-order valence-electron chi connectivity index (χ3n) is 2.46. The molecule has 0 aromatic heterocycles. The molecule has 0 aliphatic rings. The van der Waals surface area contributed by atoms with Crippen molar-refractivity contribution in [2.75, 3.05) is 7.05 Å². The predicted octanol–water partition coefficient (Wildman–Crippen LogP) is 4.57. The molecule has 4 heteroatoms. The van der Waals surface area contributed by atoms with Gasteiger partial charge in [-0.25, -0.2) is 0 Å². The molecule has 0 unspecified atom stereocenters. The molecule has 2 rings (SSSR count). The lowest BCUT2D eigenvalue weighted by molar-refractivity contribution is 0.478. The molecule has 0 bridgehead atoms. The Hall–Kier alpha value is -0.590. The lowest BCUT2D eigenvalue weighted by Gasteiger charge is -2.10. The number of ether oxygens (including phenoxy) is 1. The Balaban J connectivity index is 2.20. The fourth-order valence-electron chi connectivity index (χ4n) is 1.58. The average molecular weight is 418 g/mol. The van der Waals surface area contributed by atoms with Crippen LogP contribution in [0, 0.1) is 3.57 Å². The molecule has 0 saturated heterocycles. The van der Waals surface area contributed by atoms with E-state index < -0.39 is 0 Å². The number of halogens is 2. The Labute approximate surface area is 129 Å². The first-order valence-corrected chi connectivity index (χ1v) is 7.43. The van der Waals surface area contributed by atoms with Crippen LogP contribution in [0.2, 0.25) is 0 Å². The van der Waals surface area contributed by atoms with E-state index in [0.717, 1.165) is 26.1 Å². The summed E-state index contributed by atoms with van der Waals surface area (Å²) in [6, 6.07) is 14.0. The zero-order valence-electron chi connectivity index (χ0n) is 9.91. The van der Waals surface area contributed by atoms with Crippen LogP contribution in [0.1, 0.15) is 5.56 Å². The van der Waals surface area contributed by atoms with E-state index in [-0.39, 0.29) is 0 Å². The number of para-hydroxylation sites is 1. The third-order valence-corrected chi connectivity index (χ3v) is 4.09. The van der Waals surface area contributed by atoms with E-state index >= 15 is 0 Å². The number of hydrogen-bond acceptors (Lipinski definition) is 2. The molecule has 2 nitrogen and oxygen atoms in total. The van der Waals surface area contributed by atoms with Crippen molar-refractivity contribution in [1.82, 2.24) is 5.32 Å². The van der Waals surface area contributed by atoms with Gasteiger partial charge in [0.1, 0.15) is 11.5 Å². The van der Waals surface area contributed by atoms with E-state index in [0.29, 0.717) is 0 Å². The molecule has 0 amide bonds. The third kappa shape index (κ3) is 3.46. The molecule has 0 spiro atoms. The zero-order chi connectivity index (χ0) is 13.0. The molecule has 0 saturated carbocycles. The maximum atomic E-state index is 5.87. The van der Waals surface area contributed by atoms with E-state index in [1.807, 2.05) is 43.4 Å². The molecule has 94 valence electrons.